The summed E-state index contributed by atoms with van der Waals surface area (Å²) < 4.78 is 5.02. The fourth-order valence-electron chi connectivity index (χ4n) is 1.44. The van der Waals surface area contributed by atoms with E-state index in [2.05, 4.69) is 22.0 Å². The molecule has 0 amide bonds. The molecule has 16 heavy (non-hydrogen) atoms. The summed E-state index contributed by atoms with van der Waals surface area (Å²) in [6.45, 7) is 1.43. The maximum absolute atomic E-state index is 9.09. The van der Waals surface area contributed by atoms with Gasteiger partial charge in [0.05, 0.1) is 17.9 Å². The van der Waals surface area contributed by atoms with E-state index in [-0.39, 0.29) is 0 Å². The van der Waals surface area contributed by atoms with Crippen LogP contribution in [-0.2, 0) is 10.1 Å². The number of methoxy groups -OCH3 is 1. The predicted octanol–water partition coefficient (Wildman–Crippen LogP) is 2.54. The summed E-state index contributed by atoms with van der Waals surface area (Å²) in [5.41, 5.74) is 2.76. The molecule has 3 nitrogen and oxygen atoms in total. The highest BCUT2D eigenvalue weighted by Crippen LogP contribution is 2.21. The third-order valence-corrected chi connectivity index (χ3v) is 3.03. The van der Waals surface area contributed by atoms with Gasteiger partial charge in [-0.1, -0.05) is 22.0 Å². The Labute approximate surface area is 105 Å². The van der Waals surface area contributed by atoms with Gasteiger partial charge in [0.2, 0.25) is 0 Å². The molecule has 0 N–H and O–H groups in total. The van der Waals surface area contributed by atoms with Crippen LogP contribution in [0.25, 0.3) is 0 Å². The van der Waals surface area contributed by atoms with Crippen LogP contribution in [0, 0.1) is 11.3 Å². The van der Waals surface area contributed by atoms with E-state index in [4.69, 9.17) is 10.00 Å². The molecule has 4 heteroatoms. The Kier molecular flexibility index (Phi) is 5.30. The second-order valence-electron chi connectivity index (χ2n) is 3.51. The summed E-state index contributed by atoms with van der Waals surface area (Å²) in [7, 11) is 3.63. The summed E-state index contributed by atoms with van der Waals surface area (Å²) in [5.74, 6) is 0. The van der Waals surface area contributed by atoms with E-state index >= 15 is 0 Å². The molecule has 0 fully saturated rings. The summed E-state index contributed by atoms with van der Waals surface area (Å²) in [6, 6.07) is 8.13. The highest BCUT2D eigenvalue weighted by molar-refractivity contribution is 9.08. The monoisotopic (exact) mass is 282 g/mol. The number of likely N-dealkylation sites (N-methyl/N-ethyl adjacent to an activating group) is 1. The molecule has 0 bridgehead atoms. The second kappa shape index (κ2) is 6.51. The summed E-state index contributed by atoms with van der Waals surface area (Å²) in [6.07, 6.45) is 0. The first-order chi connectivity index (χ1) is 7.72. The SMILES string of the molecule is COCCN(C)c1ccc(CBr)cc1C#N. The van der Waals surface area contributed by atoms with Crippen molar-refractivity contribution in [2.24, 2.45) is 0 Å². The van der Waals surface area contributed by atoms with E-state index in [1.165, 1.54) is 0 Å². The third kappa shape index (κ3) is 3.22. The quantitative estimate of drug-likeness (QED) is 0.779. The van der Waals surface area contributed by atoms with E-state index in [0.717, 1.165) is 23.1 Å². The van der Waals surface area contributed by atoms with Crippen molar-refractivity contribution in [2.75, 3.05) is 32.2 Å². The molecule has 0 atom stereocenters. The Balaban J connectivity index is 2.91. The minimum atomic E-state index is 0.654. The lowest BCUT2D eigenvalue weighted by atomic mass is 10.1. The van der Waals surface area contributed by atoms with Gasteiger partial charge in [0.1, 0.15) is 6.07 Å². The summed E-state index contributed by atoms with van der Waals surface area (Å²) >= 11 is 3.38. The molecule has 0 aliphatic rings. The van der Waals surface area contributed by atoms with Gasteiger partial charge in [0.25, 0.3) is 0 Å². The highest BCUT2D eigenvalue weighted by Gasteiger charge is 2.07. The van der Waals surface area contributed by atoms with Crippen LogP contribution in [0.4, 0.5) is 5.69 Å². The first-order valence-corrected chi connectivity index (χ1v) is 6.14. The van der Waals surface area contributed by atoms with Crippen molar-refractivity contribution in [2.45, 2.75) is 5.33 Å². The molecule has 0 heterocycles. The fraction of sp³-hybridized carbons (Fsp3) is 0.417. The molecule has 0 saturated heterocycles. The Morgan fingerprint density at radius 1 is 1.50 bits per heavy atom. The zero-order valence-corrected chi connectivity index (χ0v) is 11.1. The van der Waals surface area contributed by atoms with Gasteiger partial charge < -0.3 is 9.64 Å². The Hall–Kier alpha value is -1.05. The third-order valence-electron chi connectivity index (χ3n) is 2.38. The molecular weight excluding hydrogens is 268 g/mol. The lowest BCUT2D eigenvalue weighted by Crippen LogP contribution is -2.22. The molecule has 1 aromatic carbocycles. The van der Waals surface area contributed by atoms with Crippen LogP contribution >= 0.6 is 15.9 Å². The van der Waals surface area contributed by atoms with Crippen LogP contribution in [-0.4, -0.2) is 27.3 Å². The van der Waals surface area contributed by atoms with Gasteiger partial charge in [-0.3, -0.25) is 0 Å². The minimum Gasteiger partial charge on any atom is -0.383 e. The molecule has 86 valence electrons. The maximum atomic E-state index is 9.09. The van der Waals surface area contributed by atoms with E-state index in [1.54, 1.807) is 7.11 Å². The van der Waals surface area contributed by atoms with Gasteiger partial charge in [-0.25, -0.2) is 0 Å². The minimum absolute atomic E-state index is 0.654. The van der Waals surface area contributed by atoms with Crippen LogP contribution < -0.4 is 4.90 Å². The van der Waals surface area contributed by atoms with Crippen molar-refractivity contribution in [1.29, 1.82) is 5.26 Å². The van der Waals surface area contributed by atoms with E-state index in [9.17, 15) is 0 Å². The van der Waals surface area contributed by atoms with Gasteiger partial charge in [0, 0.05) is 26.0 Å². The van der Waals surface area contributed by atoms with Gasteiger partial charge >= 0.3 is 0 Å². The average Bonchev–Trinajstić information content (AvgIpc) is 2.34. The van der Waals surface area contributed by atoms with Crippen molar-refractivity contribution >= 4 is 21.6 Å². The molecule has 0 aliphatic heterocycles. The van der Waals surface area contributed by atoms with E-state index in [0.29, 0.717) is 12.2 Å². The van der Waals surface area contributed by atoms with Crippen molar-refractivity contribution in [3.8, 4) is 6.07 Å². The molecule has 0 saturated carbocycles. The van der Waals surface area contributed by atoms with Gasteiger partial charge in [0.15, 0.2) is 0 Å². The van der Waals surface area contributed by atoms with Crippen molar-refractivity contribution < 1.29 is 4.74 Å². The molecule has 0 radical (unpaired) electrons. The van der Waals surface area contributed by atoms with Crippen LogP contribution in [0.3, 0.4) is 0 Å². The summed E-state index contributed by atoms with van der Waals surface area (Å²) in [4.78, 5) is 2.03. The number of rotatable bonds is 5. The van der Waals surface area contributed by atoms with Gasteiger partial charge in [-0.2, -0.15) is 5.26 Å². The lowest BCUT2D eigenvalue weighted by molar-refractivity contribution is 0.206. The smallest absolute Gasteiger partial charge is 0.101 e. The number of ether oxygens (including phenoxy) is 1. The van der Waals surface area contributed by atoms with Crippen LogP contribution in [0.15, 0.2) is 18.2 Å². The number of nitriles is 1. The zero-order chi connectivity index (χ0) is 12.0. The number of alkyl halides is 1. The average molecular weight is 283 g/mol. The highest BCUT2D eigenvalue weighted by atomic mass is 79.9. The first-order valence-electron chi connectivity index (χ1n) is 5.02. The summed E-state index contributed by atoms with van der Waals surface area (Å²) in [5, 5.41) is 9.86. The maximum Gasteiger partial charge on any atom is 0.101 e. The van der Waals surface area contributed by atoms with Crippen molar-refractivity contribution in [3.63, 3.8) is 0 Å². The number of benzene rings is 1. The normalized spacial score (nSPS) is 9.88. The standard InChI is InChI=1S/C12H15BrN2O/c1-15(5-6-16-2)12-4-3-10(8-13)7-11(12)9-14/h3-4,7H,5-6,8H2,1-2H3. The zero-order valence-electron chi connectivity index (χ0n) is 9.53. The van der Waals surface area contributed by atoms with Crippen LogP contribution in [0.5, 0.6) is 0 Å². The predicted molar refractivity (Wildman–Crippen MR) is 68.9 cm³/mol. The lowest BCUT2D eigenvalue weighted by Gasteiger charge is -2.20. The molecule has 0 unspecified atom stereocenters. The van der Waals surface area contributed by atoms with Crippen molar-refractivity contribution in [1.82, 2.24) is 0 Å². The molecule has 0 aliphatic carbocycles. The second-order valence-corrected chi connectivity index (χ2v) is 4.07. The number of hydrogen-bond donors (Lipinski definition) is 0. The largest absolute Gasteiger partial charge is 0.383 e. The Morgan fingerprint density at radius 3 is 2.81 bits per heavy atom. The van der Waals surface area contributed by atoms with Crippen LogP contribution in [0.2, 0.25) is 0 Å². The molecule has 1 rings (SSSR count). The molecular formula is C12H15BrN2O. The fourth-order valence-corrected chi connectivity index (χ4v) is 1.79. The van der Waals surface area contributed by atoms with Gasteiger partial charge in [-0.15, -0.1) is 0 Å². The molecule has 0 spiro atoms. The van der Waals surface area contributed by atoms with E-state index < -0.39 is 0 Å². The topological polar surface area (TPSA) is 36.3 Å². The Bertz CT molecular complexity index is 387. The number of anilines is 1. The number of hydrogen-bond acceptors (Lipinski definition) is 3. The van der Waals surface area contributed by atoms with Crippen molar-refractivity contribution in [3.05, 3.63) is 29.3 Å². The molecule has 1 aromatic rings. The van der Waals surface area contributed by atoms with E-state index in [1.807, 2.05) is 30.1 Å². The molecule has 0 aromatic heterocycles. The van der Waals surface area contributed by atoms with Crippen LogP contribution in [0.1, 0.15) is 11.1 Å². The first kappa shape index (κ1) is 13.0. The number of halogens is 1. The Morgan fingerprint density at radius 2 is 2.25 bits per heavy atom. The number of nitrogens with zero attached hydrogens (tertiary/aromatic N) is 2. The van der Waals surface area contributed by atoms with Gasteiger partial charge in [-0.05, 0) is 17.7 Å².